The van der Waals surface area contributed by atoms with Crippen LogP contribution in [0.3, 0.4) is 0 Å². The molecule has 1 N–H and O–H groups in total. The summed E-state index contributed by atoms with van der Waals surface area (Å²) >= 11 is 0. The normalized spacial score (nSPS) is 18.5. The molecule has 0 radical (unpaired) electrons. The molecule has 0 bridgehead atoms. The fourth-order valence-electron chi connectivity index (χ4n) is 2.54. The highest BCUT2D eigenvalue weighted by Crippen LogP contribution is 2.13. The lowest BCUT2D eigenvalue weighted by Crippen LogP contribution is -2.51. The first-order chi connectivity index (χ1) is 11.7. The van der Waals surface area contributed by atoms with Gasteiger partial charge in [-0.05, 0) is 6.92 Å². The number of aryl methyl sites for hydroxylation is 1. The van der Waals surface area contributed by atoms with Crippen molar-refractivity contribution in [2.75, 3.05) is 39.0 Å². The number of carboxylic acids is 1. The molecule has 0 spiro atoms. The van der Waals surface area contributed by atoms with Gasteiger partial charge in [-0.1, -0.05) is 0 Å². The molecule has 0 saturated carbocycles. The summed E-state index contributed by atoms with van der Waals surface area (Å²) in [5.41, 5.74) is 0.452. The lowest BCUT2D eigenvalue weighted by Gasteiger charge is -2.34. The summed E-state index contributed by atoms with van der Waals surface area (Å²) in [6.45, 7) is 2.61. The number of morpholine rings is 1. The maximum atomic E-state index is 12.5. The highest BCUT2D eigenvalue weighted by atomic mass is 32.2. The largest absolute Gasteiger partial charge is 0.480 e. The van der Waals surface area contributed by atoms with Crippen LogP contribution in [0.15, 0.2) is 12.4 Å². The van der Waals surface area contributed by atoms with Crippen LogP contribution >= 0.6 is 0 Å². The summed E-state index contributed by atoms with van der Waals surface area (Å²) in [6, 6.07) is 0. The molecule has 2 heterocycles. The van der Waals surface area contributed by atoms with Gasteiger partial charge in [-0.15, -0.1) is 0 Å². The molecule has 1 aliphatic rings. The second kappa shape index (κ2) is 7.93. The fraction of sp³-hybridized carbons (Fsp3) is 0.643. The molecule has 1 amide bonds. The van der Waals surface area contributed by atoms with Gasteiger partial charge in [0.05, 0.1) is 30.7 Å². The van der Waals surface area contributed by atoms with Crippen molar-refractivity contribution < 1.29 is 27.9 Å². The van der Waals surface area contributed by atoms with Crippen molar-refractivity contribution in [2.45, 2.75) is 19.6 Å². The van der Waals surface area contributed by atoms with E-state index in [1.165, 1.54) is 6.20 Å². The Morgan fingerprint density at radius 2 is 2.20 bits per heavy atom. The van der Waals surface area contributed by atoms with Crippen LogP contribution in [0.25, 0.3) is 0 Å². The number of aliphatic carboxylic acids is 1. The third-order valence-electron chi connectivity index (χ3n) is 3.82. The monoisotopic (exact) mass is 374 g/mol. The number of carbonyl (C=O) groups excluding carboxylic acids is 1. The quantitative estimate of drug-likeness (QED) is 0.655. The van der Waals surface area contributed by atoms with E-state index in [0.29, 0.717) is 18.7 Å². The molecule has 1 saturated heterocycles. The Morgan fingerprint density at radius 3 is 2.76 bits per heavy atom. The molecule has 1 atom stereocenters. The first-order valence-electron chi connectivity index (χ1n) is 7.81. The number of carboxylic acid groups (broad SMARTS) is 1. The van der Waals surface area contributed by atoms with Crippen LogP contribution in [0, 0.1) is 0 Å². The minimum atomic E-state index is -3.69. The molecule has 140 valence electrons. The number of ether oxygens (including phenoxy) is 1. The Labute approximate surface area is 146 Å². The molecule has 11 heteroatoms. The summed E-state index contributed by atoms with van der Waals surface area (Å²) < 4.78 is 31.5. The van der Waals surface area contributed by atoms with Crippen LogP contribution in [-0.4, -0.2) is 89.5 Å². The number of hydrogen-bond donors (Lipinski definition) is 1. The van der Waals surface area contributed by atoms with Crippen molar-refractivity contribution >= 4 is 21.9 Å². The molecule has 1 aromatic heterocycles. The highest BCUT2D eigenvalue weighted by Gasteiger charge is 2.30. The van der Waals surface area contributed by atoms with E-state index >= 15 is 0 Å². The summed E-state index contributed by atoms with van der Waals surface area (Å²) in [5.74, 6) is -1.46. The van der Waals surface area contributed by atoms with Gasteiger partial charge in [0.25, 0.3) is 5.91 Å². The number of sulfonamides is 1. The van der Waals surface area contributed by atoms with Crippen LogP contribution in [0.2, 0.25) is 0 Å². The summed E-state index contributed by atoms with van der Waals surface area (Å²) in [7, 11) is -3.69. The predicted molar refractivity (Wildman–Crippen MR) is 87.6 cm³/mol. The number of aromatic nitrogens is 2. The van der Waals surface area contributed by atoms with Gasteiger partial charge in [0, 0.05) is 32.4 Å². The molecule has 0 aliphatic carbocycles. The summed E-state index contributed by atoms with van der Waals surface area (Å²) in [6.07, 6.45) is 3.50. The SMILES string of the molecule is CCn1cc(C(=O)N2CCOC(CN(CC(=O)O)S(C)(=O)=O)C2)cn1. The zero-order valence-corrected chi connectivity index (χ0v) is 15.0. The Balaban J connectivity index is 2.04. The second-order valence-electron chi connectivity index (χ2n) is 5.78. The van der Waals surface area contributed by atoms with Gasteiger partial charge in [0.1, 0.15) is 6.54 Å². The highest BCUT2D eigenvalue weighted by molar-refractivity contribution is 7.88. The van der Waals surface area contributed by atoms with E-state index in [-0.39, 0.29) is 25.6 Å². The van der Waals surface area contributed by atoms with Gasteiger partial charge in [0.2, 0.25) is 10.0 Å². The third-order valence-corrected chi connectivity index (χ3v) is 5.03. The van der Waals surface area contributed by atoms with Crippen molar-refractivity contribution in [3.8, 4) is 0 Å². The van der Waals surface area contributed by atoms with E-state index in [4.69, 9.17) is 9.84 Å². The maximum Gasteiger partial charge on any atom is 0.318 e. The average molecular weight is 374 g/mol. The van der Waals surface area contributed by atoms with E-state index in [2.05, 4.69) is 5.10 Å². The molecule has 25 heavy (non-hydrogen) atoms. The second-order valence-corrected chi connectivity index (χ2v) is 7.76. The van der Waals surface area contributed by atoms with Gasteiger partial charge in [-0.2, -0.15) is 9.40 Å². The fourth-order valence-corrected chi connectivity index (χ4v) is 3.32. The Kier molecular flexibility index (Phi) is 6.14. The summed E-state index contributed by atoms with van der Waals surface area (Å²) in [4.78, 5) is 25.0. The van der Waals surface area contributed by atoms with Gasteiger partial charge >= 0.3 is 5.97 Å². The molecule has 1 unspecified atom stereocenters. The lowest BCUT2D eigenvalue weighted by molar-refractivity contribution is -0.137. The van der Waals surface area contributed by atoms with Crippen molar-refractivity contribution in [2.24, 2.45) is 0 Å². The van der Waals surface area contributed by atoms with Gasteiger partial charge < -0.3 is 14.7 Å². The topological polar surface area (TPSA) is 122 Å². The van der Waals surface area contributed by atoms with E-state index in [1.807, 2.05) is 6.92 Å². The number of hydrogen-bond acceptors (Lipinski definition) is 6. The van der Waals surface area contributed by atoms with Crippen LogP contribution in [0.4, 0.5) is 0 Å². The van der Waals surface area contributed by atoms with E-state index in [9.17, 15) is 18.0 Å². The Morgan fingerprint density at radius 1 is 1.48 bits per heavy atom. The Bertz CT molecular complexity index is 731. The van der Waals surface area contributed by atoms with Gasteiger partial charge in [-0.25, -0.2) is 8.42 Å². The number of rotatable bonds is 7. The van der Waals surface area contributed by atoms with Crippen LogP contribution in [0.5, 0.6) is 0 Å². The van der Waals surface area contributed by atoms with E-state index in [1.54, 1.807) is 15.8 Å². The van der Waals surface area contributed by atoms with Crippen LogP contribution in [-0.2, 0) is 26.1 Å². The zero-order valence-electron chi connectivity index (χ0n) is 14.2. The average Bonchev–Trinajstić information content (AvgIpc) is 3.01. The molecular weight excluding hydrogens is 352 g/mol. The van der Waals surface area contributed by atoms with Gasteiger partial charge in [0.15, 0.2) is 0 Å². The zero-order chi connectivity index (χ0) is 18.6. The number of nitrogens with zero attached hydrogens (tertiary/aromatic N) is 4. The van der Waals surface area contributed by atoms with E-state index < -0.39 is 28.6 Å². The van der Waals surface area contributed by atoms with Crippen molar-refractivity contribution in [3.05, 3.63) is 18.0 Å². The minimum Gasteiger partial charge on any atom is -0.480 e. The number of carbonyl (C=O) groups is 2. The lowest BCUT2D eigenvalue weighted by atomic mass is 10.2. The van der Waals surface area contributed by atoms with Crippen LogP contribution < -0.4 is 0 Å². The molecule has 1 aromatic rings. The van der Waals surface area contributed by atoms with Gasteiger partial charge in [-0.3, -0.25) is 14.3 Å². The maximum absolute atomic E-state index is 12.5. The standard InChI is InChI=1S/C14H22N4O6S/c1-3-17-7-11(6-15-17)14(21)16-4-5-24-12(8-16)9-18(10-13(19)20)25(2,22)23/h6-7,12H,3-5,8-10H2,1-2H3,(H,19,20). The minimum absolute atomic E-state index is 0.122. The predicted octanol–water partition coefficient (Wildman–Crippen LogP) is -0.910. The molecule has 1 fully saturated rings. The van der Waals surface area contributed by atoms with Crippen molar-refractivity contribution in [1.82, 2.24) is 19.0 Å². The van der Waals surface area contributed by atoms with Crippen molar-refractivity contribution in [3.63, 3.8) is 0 Å². The first-order valence-corrected chi connectivity index (χ1v) is 9.65. The smallest absolute Gasteiger partial charge is 0.318 e. The third kappa shape index (κ3) is 5.25. The molecule has 0 aromatic carbocycles. The first kappa shape index (κ1) is 19.3. The number of amides is 1. The van der Waals surface area contributed by atoms with E-state index in [0.717, 1.165) is 10.6 Å². The Hall–Kier alpha value is -1.98. The van der Waals surface area contributed by atoms with Crippen LogP contribution in [0.1, 0.15) is 17.3 Å². The molecule has 1 aliphatic heterocycles. The van der Waals surface area contributed by atoms with Crippen molar-refractivity contribution in [1.29, 1.82) is 0 Å². The molecular formula is C14H22N4O6S. The molecule has 2 rings (SSSR count). The molecule has 10 nitrogen and oxygen atoms in total. The summed E-state index contributed by atoms with van der Waals surface area (Å²) in [5, 5.41) is 12.9.